The van der Waals surface area contributed by atoms with E-state index in [2.05, 4.69) is 4.98 Å². The molecular weight excluding hydrogens is 223 g/mol. The maximum atomic E-state index is 13.1. The fourth-order valence-electron chi connectivity index (χ4n) is 1.68. The molecule has 0 aliphatic heterocycles. The Balaban J connectivity index is 2.46. The van der Waals surface area contributed by atoms with Crippen molar-refractivity contribution >= 4 is 16.9 Å². The molecule has 0 saturated carbocycles. The molecule has 0 radical (unpaired) electrons. The maximum Gasteiger partial charge on any atom is 0.320 e. The molecule has 4 nitrogen and oxygen atoms in total. The van der Waals surface area contributed by atoms with E-state index in [0.29, 0.717) is 16.5 Å². The van der Waals surface area contributed by atoms with Crippen LogP contribution >= 0.6 is 0 Å². The SMILES string of the molecule is NC(Cc1ccnc2ccc(F)cc12)C(=O)O. The van der Waals surface area contributed by atoms with Crippen molar-refractivity contribution in [2.24, 2.45) is 5.73 Å². The smallest absolute Gasteiger partial charge is 0.320 e. The van der Waals surface area contributed by atoms with Gasteiger partial charge < -0.3 is 10.8 Å². The van der Waals surface area contributed by atoms with Crippen LogP contribution in [0.1, 0.15) is 5.56 Å². The molecule has 0 aliphatic rings. The van der Waals surface area contributed by atoms with Gasteiger partial charge in [0.05, 0.1) is 5.52 Å². The van der Waals surface area contributed by atoms with Crippen LogP contribution in [0, 0.1) is 5.82 Å². The fraction of sp³-hybridized carbons (Fsp3) is 0.167. The number of nitrogens with two attached hydrogens (primary N) is 1. The second-order valence-electron chi connectivity index (χ2n) is 3.78. The standard InChI is InChI=1S/C12H11FN2O2/c13-8-1-2-11-9(6-8)7(3-4-15-11)5-10(14)12(16)17/h1-4,6,10H,5,14H2,(H,16,17). The number of carbonyl (C=O) groups is 1. The van der Waals surface area contributed by atoms with Crippen LogP contribution in [0.25, 0.3) is 10.9 Å². The van der Waals surface area contributed by atoms with Crippen LogP contribution in [0.5, 0.6) is 0 Å². The third-order valence-corrected chi connectivity index (χ3v) is 2.55. The topological polar surface area (TPSA) is 76.2 Å². The van der Waals surface area contributed by atoms with Crippen molar-refractivity contribution in [3.05, 3.63) is 41.8 Å². The Morgan fingerprint density at radius 3 is 2.94 bits per heavy atom. The Morgan fingerprint density at radius 2 is 2.24 bits per heavy atom. The lowest BCUT2D eigenvalue weighted by Crippen LogP contribution is -2.32. The zero-order chi connectivity index (χ0) is 12.4. The normalized spacial score (nSPS) is 12.6. The number of benzene rings is 1. The molecule has 2 aromatic rings. The molecule has 0 fully saturated rings. The van der Waals surface area contributed by atoms with E-state index in [4.69, 9.17) is 10.8 Å². The summed E-state index contributed by atoms with van der Waals surface area (Å²) in [7, 11) is 0. The summed E-state index contributed by atoms with van der Waals surface area (Å²) in [6.45, 7) is 0. The Morgan fingerprint density at radius 1 is 1.47 bits per heavy atom. The highest BCUT2D eigenvalue weighted by molar-refractivity contribution is 5.83. The van der Waals surface area contributed by atoms with Gasteiger partial charge in [-0.05, 0) is 36.2 Å². The lowest BCUT2D eigenvalue weighted by molar-refractivity contribution is -0.138. The fourth-order valence-corrected chi connectivity index (χ4v) is 1.68. The number of halogens is 1. The van der Waals surface area contributed by atoms with E-state index in [1.54, 1.807) is 18.3 Å². The van der Waals surface area contributed by atoms with E-state index in [1.807, 2.05) is 0 Å². The van der Waals surface area contributed by atoms with Crippen molar-refractivity contribution in [2.45, 2.75) is 12.5 Å². The molecule has 5 heteroatoms. The van der Waals surface area contributed by atoms with Gasteiger partial charge in [-0.1, -0.05) is 0 Å². The van der Waals surface area contributed by atoms with Crippen molar-refractivity contribution in [2.75, 3.05) is 0 Å². The molecule has 1 aromatic heterocycles. The molecule has 0 aliphatic carbocycles. The molecule has 88 valence electrons. The molecule has 1 aromatic carbocycles. The zero-order valence-electron chi connectivity index (χ0n) is 8.93. The first kappa shape index (κ1) is 11.5. The first-order chi connectivity index (χ1) is 8.08. The number of rotatable bonds is 3. The Bertz CT molecular complexity index is 571. The third kappa shape index (κ3) is 2.39. The van der Waals surface area contributed by atoms with E-state index in [-0.39, 0.29) is 12.2 Å². The summed E-state index contributed by atoms with van der Waals surface area (Å²) < 4.78 is 13.1. The highest BCUT2D eigenvalue weighted by Crippen LogP contribution is 2.19. The number of aliphatic carboxylic acids is 1. The largest absolute Gasteiger partial charge is 0.480 e. The number of carboxylic acids is 1. The molecule has 0 saturated heterocycles. The molecule has 2 rings (SSSR count). The maximum absolute atomic E-state index is 13.1. The van der Waals surface area contributed by atoms with Crippen LogP contribution in [0.2, 0.25) is 0 Å². The summed E-state index contributed by atoms with van der Waals surface area (Å²) in [6.07, 6.45) is 1.71. The molecule has 0 spiro atoms. The Kier molecular flexibility index (Phi) is 3.01. The molecule has 1 atom stereocenters. The molecule has 1 unspecified atom stereocenters. The average Bonchev–Trinajstić information content (AvgIpc) is 2.29. The average molecular weight is 234 g/mol. The van der Waals surface area contributed by atoms with Gasteiger partial charge in [0.25, 0.3) is 0 Å². The predicted octanol–water partition coefficient (Wildman–Crippen LogP) is 1.33. The van der Waals surface area contributed by atoms with Crippen LogP contribution in [0.15, 0.2) is 30.5 Å². The van der Waals surface area contributed by atoms with Crippen molar-refractivity contribution < 1.29 is 14.3 Å². The van der Waals surface area contributed by atoms with Gasteiger partial charge in [-0.25, -0.2) is 4.39 Å². The summed E-state index contributed by atoms with van der Waals surface area (Å²) in [5, 5.41) is 9.36. The van der Waals surface area contributed by atoms with E-state index in [0.717, 1.165) is 0 Å². The van der Waals surface area contributed by atoms with Crippen LogP contribution < -0.4 is 5.73 Å². The Labute approximate surface area is 96.9 Å². The molecule has 0 bridgehead atoms. The molecule has 1 heterocycles. The van der Waals surface area contributed by atoms with Gasteiger partial charge in [0.1, 0.15) is 11.9 Å². The van der Waals surface area contributed by atoms with Crippen LogP contribution in [-0.4, -0.2) is 22.1 Å². The van der Waals surface area contributed by atoms with Gasteiger partial charge in [-0.15, -0.1) is 0 Å². The number of fused-ring (bicyclic) bond motifs is 1. The third-order valence-electron chi connectivity index (χ3n) is 2.55. The summed E-state index contributed by atoms with van der Waals surface area (Å²) in [5.41, 5.74) is 6.77. The summed E-state index contributed by atoms with van der Waals surface area (Å²) in [5.74, 6) is -1.46. The molecule has 0 amide bonds. The highest BCUT2D eigenvalue weighted by Gasteiger charge is 2.14. The monoisotopic (exact) mass is 234 g/mol. The first-order valence-corrected chi connectivity index (χ1v) is 5.09. The van der Waals surface area contributed by atoms with E-state index in [9.17, 15) is 9.18 Å². The van der Waals surface area contributed by atoms with Crippen LogP contribution in [0.3, 0.4) is 0 Å². The van der Waals surface area contributed by atoms with Crippen molar-refractivity contribution in [1.82, 2.24) is 4.98 Å². The minimum Gasteiger partial charge on any atom is -0.480 e. The van der Waals surface area contributed by atoms with E-state index < -0.39 is 12.0 Å². The van der Waals surface area contributed by atoms with Crippen molar-refractivity contribution in [3.63, 3.8) is 0 Å². The quantitative estimate of drug-likeness (QED) is 0.839. The van der Waals surface area contributed by atoms with Gasteiger partial charge in [0.15, 0.2) is 0 Å². The molecule has 17 heavy (non-hydrogen) atoms. The molecular formula is C12H11FN2O2. The van der Waals surface area contributed by atoms with Gasteiger partial charge in [-0.3, -0.25) is 9.78 Å². The predicted molar refractivity (Wildman–Crippen MR) is 61.0 cm³/mol. The first-order valence-electron chi connectivity index (χ1n) is 5.09. The van der Waals surface area contributed by atoms with Crippen molar-refractivity contribution in [1.29, 1.82) is 0 Å². The number of hydrogen-bond donors (Lipinski definition) is 2. The lowest BCUT2D eigenvalue weighted by atomic mass is 10.0. The second-order valence-corrected chi connectivity index (χ2v) is 3.78. The number of nitrogens with zero attached hydrogens (tertiary/aromatic N) is 1. The van der Waals surface area contributed by atoms with E-state index >= 15 is 0 Å². The molecule has 3 N–H and O–H groups in total. The summed E-state index contributed by atoms with van der Waals surface area (Å²) in [4.78, 5) is 14.8. The van der Waals surface area contributed by atoms with Crippen molar-refractivity contribution in [3.8, 4) is 0 Å². The van der Waals surface area contributed by atoms with Gasteiger partial charge in [0, 0.05) is 11.6 Å². The minimum absolute atomic E-state index is 0.151. The number of hydrogen-bond acceptors (Lipinski definition) is 3. The number of pyridine rings is 1. The summed E-state index contributed by atoms with van der Waals surface area (Å²) in [6, 6.07) is 4.87. The zero-order valence-corrected chi connectivity index (χ0v) is 8.93. The number of aromatic nitrogens is 1. The second kappa shape index (κ2) is 4.47. The van der Waals surface area contributed by atoms with Gasteiger partial charge >= 0.3 is 5.97 Å². The van der Waals surface area contributed by atoms with Crippen LogP contribution in [-0.2, 0) is 11.2 Å². The van der Waals surface area contributed by atoms with Crippen LogP contribution in [0.4, 0.5) is 4.39 Å². The number of carboxylic acid groups (broad SMARTS) is 1. The highest BCUT2D eigenvalue weighted by atomic mass is 19.1. The minimum atomic E-state index is -1.08. The lowest BCUT2D eigenvalue weighted by Gasteiger charge is -2.09. The van der Waals surface area contributed by atoms with Gasteiger partial charge in [0.2, 0.25) is 0 Å². The van der Waals surface area contributed by atoms with E-state index in [1.165, 1.54) is 12.1 Å². The Hall–Kier alpha value is -2.01. The van der Waals surface area contributed by atoms with Gasteiger partial charge in [-0.2, -0.15) is 0 Å². The summed E-state index contributed by atoms with van der Waals surface area (Å²) >= 11 is 0.